The van der Waals surface area contributed by atoms with E-state index >= 15 is 0 Å². The summed E-state index contributed by atoms with van der Waals surface area (Å²) < 4.78 is 1.81. The molecular formula is C10H8Cl2N2O. The molecule has 0 aliphatic heterocycles. The highest BCUT2D eigenvalue weighted by atomic mass is 35.5. The Hall–Kier alpha value is -1.32. The molecule has 1 aromatic heterocycles. The molecule has 3 nitrogen and oxygen atoms in total. The lowest BCUT2D eigenvalue weighted by Crippen LogP contribution is -1.94. The van der Waals surface area contributed by atoms with E-state index in [1.165, 1.54) is 0 Å². The fourth-order valence-electron chi connectivity index (χ4n) is 1.20. The molecule has 0 fully saturated rings. The van der Waals surface area contributed by atoms with Crippen molar-refractivity contribution in [1.29, 1.82) is 0 Å². The van der Waals surface area contributed by atoms with Gasteiger partial charge in [-0.3, -0.25) is 4.79 Å². The minimum absolute atomic E-state index is 0. The van der Waals surface area contributed by atoms with Crippen LogP contribution in [0.1, 0.15) is 10.4 Å². The second-order valence-corrected chi connectivity index (χ2v) is 3.14. The van der Waals surface area contributed by atoms with E-state index in [9.17, 15) is 4.79 Å². The van der Waals surface area contributed by atoms with Crippen molar-refractivity contribution in [3.63, 3.8) is 0 Å². The summed E-state index contributed by atoms with van der Waals surface area (Å²) in [5.74, 6) is 0. The third kappa shape index (κ3) is 2.58. The molecule has 0 aliphatic carbocycles. The van der Waals surface area contributed by atoms with Crippen LogP contribution >= 0.6 is 24.0 Å². The fraction of sp³-hybridized carbons (Fsp3) is 0. The molecule has 1 heterocycles. The van der Waals surface area contributed by atoms with E-state index in [1.807, 2.05) is 10.6 Å². The van der Waals surface area contributed by atoms with Crippen molar-refractivity contribution >= 4 is 29.3 Å². The third-order valence-corrected chi connectivity index (χ3v) is 2.09. The first-order chi connectivity index (χ1) is 6.77. The van der Waals surface area contributed by atoms with Crippen LogP contribution < -0.4 is 0 Å². The molecule has 0 unspecified atom stereocenters. The minimum atomic E-state index is -0.452. The Morgan fingerprint density at radius 2 is 2.20 bits per heavy atom. The number of imidazole rings is 1. The topological polar surface area (TPSA) is 34.9 Å². The molecule has 0 radical (unpaired) electrons. The average molecular weight is 243 g/mol. The molecule has 5 heteroatoms. The van der Waals surface area contributed by atoms with Gasteiger partial charge in [0.1, 0.15) is 0 Å². The summed E-state index contributed by atoms with van der Waals surface area (Å²) in [6.45, 7) is 0. The highest BCUT2D eigenvalue weighted by molar-refractivity contribution is 6.67. The van der Waals surface area contributed by atoms with E-state index < -0.39 is 5.24 Å². The van der Waals surface area contributed by atoms with Gasteiger partial charge in [0, 0.05) is 23.6 Å². The van der Waals surface area contributed by atoms with Crippen LogP contribution in [0.3, 0.4) is 0 Å². The van der Waals surface area contributed by atoms with Crippen LogP contribution in [0.5, 0.6) is 0 Å². The number of hydrogen-bond donors (Lipinski definition) is 0. The van der Waals surface area contributed by atoms with Crippen LogP contribution in [-0.2, 0) is 0 Å². The monoisotopic (exact) mass is 242 g/mol. The van der Waals surface area contributed by atoms with Crippen LogP contribution in [-0.4, -0.2) is 14.8 Å². The summed E-state index contributed by atoms with van der Waals surface area (Å²) in [6, 6.07) is 7.06. The molecule has 0 aliphatic rings. The fourth-order valence-corrected chi connectivity index (χ4v) is 1.32. The number of hydrogen-bond acceptors (Lipinski definition) is 2. The molecule has 0 bridgehead atoms. The first-order valence-electron chi connectivity index (χ1n) is 4.05. The van der Waals surface area contributed by atoms with Gasteiger partial charge >= 0.3 is 0 Å². The quantitative estimate of drug-likeness (QED) is 0.760. The standard InChI is InChI=1S/C10H7ClN2O.ClH/c11-10(14)8-2-1-3-9(6-8)13-5-4-12-7-13;/h1-7H;1H. The van der Waals surface area contributed by atoms with Crippen molar-refractivity contribution in [3.05, 3.63) is 48.5 Å². The number of carbonyl (C=O) groups excluding carboxylic acids is 1. The van der Waals surface area contributed by atoms with Gasteiger partial charge in [-0.2, -0.15) is 0 Å². The van der Waals surface area contributed by atoms with Gasteiger partial charge in [0.2, 0.25) is 0 Å². The lowest BCUT2D eigenvalue weighted by Gasteiger charge is -2.02. The predicted molar refractivity (Wildman–Crippen MR) is 61.0 cm³/mol. The molecular weight excluding hydrogens is 235 g/mol. The maximum Gasteiger partial charge on any atom is 0.252 e. The smallest absolute Gasteiger partial charge is 0.252 e. The number of benzene rings is 1. The van der Waals surface area contributed by atoms with Gasteiger partial charge in [0.25, 0.3) is 5.24 Å². The van der Waals surface area contributed by atoms with Gasteiger partial charge in [-0.15, -0.1) is 12.4 Å². The Balaban J connectivity index is 0.00000112. The summed E-state index contributed by atoms with van der Waals surface area (Å²) in [6.07, 6.45) is 5.14. The average Bonchev–Trinajstić information content (AvgIpc) is 2.71. The van der Waals surface area contributed by atoms with Gasteiger partial charge in [0.15, 0.2) is 0 Å². The zero-order valence-corrected chi connectivity index (χ0v) is 9.20. The number of nitrogens with zero attached hydrogens (tertiary/aromatic N) is 2. The Bertz CT molecular complexity index is 454. The van der Waals surface area contributed by atoms with E-state index in [1.54, 1.807) is 36.9 Å². The van der Waals surface area contributed by atoms with Gasteiger partial charge in [-0.25, -0.2) is 4.98 Å². The zero-order chi connectivity index (χ0) is 9.97. The van der Waals surface area contributed by atoms with E-state index in [2.05, 4.69) is 4.98 Å². The lowest BCUT2D eigenvalue weighted by atomic mass is 10.2. The van der Waals surface area contributed by atoms with Crippen LogP contribution in [0.25, 0.3) is 5.69 Å². The number of carbonyl (C=O) groups is 1. The van der Waals surface area contributed by atoms with Crippen LogP contribution in [0, 0.1) is 0 Å². The summed E-state index contributed by atoms with van der Waals surface area (Å²) in [7, 11) is 0. The van der Waals surface area contributed by atoms with E-state index in [-0.39, 0.29) is 12.4 Å². The summed E-state index contributed by atoms with van der Waals surface area (Å²) in [5.41, 5.74) is 1.35. The molecule has 15 heavy (non-hydrogen) atoms. The van der Waals surface area contributed by atoms with Crippen molar-refractivity contribution in [1.82, 2.24) is 9.55 Å². The maximum absolute atomic E-state index is 10.9. The summed E-state index contributed by atoms with van der Waals surface area (Å²) in [4.78, 5) is 14.8. The Labute approximate surface area is 98.1 Å². The molecule has 0 atom stereocenters. The van der Waals surface area contributed by atoms with Crippen molar-refractivity contribution in [3.8, 4) is 5.69 Å². The predicted octanol–water partition coefficient (Wildman–Crippen LogP) is 2.67. The Morgan fingerprint density at radius 1 is 1.40 bits per heavy atom. The third-order valence-electron chi connectivity index (χ3n) is 1.88. The zero-order valence-electron chi connectivity index (χ0n) is 7.63. The van der Waals surface area contributed by atoms with Crippen molar-refractivity contribution in [2.75, 3.05) is 0 Å². The first-order valence-corrected chi connectivity index (χ1v) is 4.43. The molecule has 0 saturated heterocycles. The van der Waals surface area contributed by atoms with Gasteiger partial charge < -0.3 is 4.57 Å². The molecule has 1 aromatic carbocycles. The van der Waals surface area contributed by atoms with Crippen LogP contribution in [0.4, 0.5) is 0 Å². The van der Waals surface area contributed by atoms with E-state index in [4.69, 9.17) is 11.6 Å². The molecule has 2 aromatic rings. The molecule has 0 amide bonds. The summed E-state index contributed by atoms with van der Waals surface area (Å²) in [5, 5.41) is -0.452. The van der Waals surface area contributed by atoms with Crippen molar-refractivity contribution in [2.45, 2.75) is 0 Å². The molecule has 0 saturated carbocycles. The highest BCUT2D eigenvalue weighted by Gasteiger charge is 2.02. The largest absolute Gasteiger partial charge is 0.306 e. The van der Waals surface area contributed by atoms with E-state index in [0.717, 1.165) is 5.69 Å². The van der Waals surface area contributed by atoms with E-state index in [0.29, 0.717) is 5.56 Å². The minimum Gasteiger partial charge on any atom is -0.306 e. The number of halogens is 2. The molecule has 2 rings (SSSR count). The highest BCUT2D eigenvalue weighted by Crippen LogP contribution is 2.11. The van der Waals surface area contributed by atoms with Crippen LogP contribution in [0.2, 0.25) is 0 Å². The first kappa shape index (κ1) is 11.8. The van der Waals surface area contributed by atoms with Crippen molar-refractivity contribution < 1.29 is 4.79 Å². The summed E-state index contributed by atoms with van der Waals surface area (Å²) >= 11 is 5.37. The maximum atomic E-state index is 10.9. The normalized spacial score (nSPS) is 9.40. The van der Waals surface area contributed by atoms with Gasteiger partial charge in [-0.05, 0) is 29.8 Å². The Kier molecular flexibility index (Phi) is 3.88. The second-order valence-electron chi connectivity index (χ2n) is 2.79. The SMILES string of the molecule is Cl.O=C(Cl)c1cccc(-n2ccnc2)c1. The van der Waals surface area contributed by atoms with Gasteiger partial charge in [-0.1, -0.05) is 6.07 Å². The number of rotatable bonds is 2. The molecule has 78 valence electrons. The second kappa shape index (κ2) is 4.96. The Morgan fingerprint density at radius 3 is 2.80 bits per heavy atom. The molecule has 0 spiro atoms. The van der Waals surface area contributed by atoms with Crippen molar-refractivity contribution in [2.24, 2.45) is 0 Å². The number of aromatic nitrogens is 2. The van der Waals surface area contributed by atoms with Crippen LogP contribution in [0.15, 0.2) is 43.0 Å². The lowest BCUT2D eigenvalue weighted by molar-refractivity contribution is 0.108. The molecule has 0 N–H and O–H groups in total. The van der Waals surface area contributed by atoms with Gasteiger partial charge in [0.05, 0.1) is 6.33 Å².